The average Bonchev–Trinajstić information content (AvgIpc) is 2.42. The molecule has 1 heterocycles. The lowest BCUT2D eigenvalue weighted by Crippen LogP contribution is -2.39. The van der Waals surface area contributed by atoms with E-state index in [4.69, 9.17) is 0 Å². The van der Waals surface area contributed by atoms with E-state index in [2.05, 4.69) is 49.7 Å². The van der Waals surface area contributed by atoms with Crippen LogP contribution in [0.2, 0.25) is 0 Å². The molecule has 0 bridgehead atoms. The van der Waals surface area contributed by atoms with Crippen molar-refractivity contribution >= 4 is 11.8 Å². The minimum absolute atomic E-state index is 0.710. The molecule has 1 saturated heterocycles. The van der Waals surface area contributed by atoms with Gasteiger partial charge in [-0.2, -0.15) is 11.8 Å². The summed E-state index contributed by atoms with van der Waals surface area (Å²) in [7, 11) is 0. The minimum atomic E-state index is 0.710. The standard InChI is InChI=1S/C14H30N2S/c1-12(2)10-14-11-16(7-5-6-15-14)8-9-17-13(3)4/h12-15H,5-11H2,1-4H3. The fraction of sp³-hybridized carbons (Fsp3) is 1.00. The van der Waals surface area contributed by atoms with Crippen LogP contribution in [-0.4, -0.2) is 48.1 Å². The van der Waals surface area contributed by atoms with E-state index >= 15 is 0 Å². The van der Waals surface area contributed by atoms with Crippen LogP contribution >= 0.6 is 11.8 Å². The highest BCUT2D eigenvalue weighted by Gasteiger charge is 2.18. The zero-order chi connectivity index (χ0) is 12.7. The molecule has 0 aromatic carbocycles. The summed E-state index contributed by atoms with van der Waals surface area (Å²) in [5.74, 6) is 2.09. The van der Waals surface area contributed by atoms with E-state index in [9.17, 15) is 0 Å². The van der Waals surface area contributed by atoms with Gasteiger partial charge in [0.25, 0.3) is 0 Å². The molecule has 1 atom stereocenters. The summed E-state index contributed by atoms with van der Waals surface area (Å²) in [6.45, 7) is 14.2. The maximum atomic E-state index is 3.69. The molecule has 0 spiro atoms. The molecule has 0 saturated carbocycles. The van der Waals surface area contributed by atoms with Gasteiger partial charge >= 0.3 is 0 Å². The molecular formula is C14H30N2S. The quantitative estimate of drug-likeness (QED) is 0.789. The summed E-state index contributed by atoms with van der Waals surface area (Å²) in [5, 5.41) is 4.46. The van der Waals surface area contributed by atoms with Crippen molar-refractivity contribution in [1.82, 2.24) is 10.2 Å². The van der Waals surface area contributed by atoms with Gasteiger partial charge in [-0.3, -0.25) is 0 Å². The van der Waals surface area contributed by atoms with E-state index in [0.29, 0.717) is 6.04 Å². The second-order valence-electron chi connectivity index (χ2n) is 5.85. The van der Waals surface area contributed by atoms with Gasteiger partial charge in [0.15, 0.2) is 0 Å². The molecule has 1 aliphatic heterocycles. The molecule has 1 fully saturated rings. The van der Waals surface area contributed by atoms with Crippen LogP contribution in [0.4, 0.5) is 0 Å². The van der Waals surface area contributed by atoms with E-state index < -0.39 is 0 Å². The monoisotopic (exact) mass is 258 g/mol. The summed E-state index contributed by atoms with van der Waals surface area (Å²) in [4.78, 5) is 2.66. The fourth-order valence-corrected chi connectivity index (χ4v) is 3.26. The lowest BCUT2D eigenvalue weighted by Gasteiger charge is -2.25. The Hall–Kier alpha value is 0.270. The van der Waals surface area contributed by atoms with Crippen LogP contribution in [0.3, 0.4) is 0 Å². The number of rotatable bonds is 6. The van der Waals surface area contributed by atoms with Crippen LogP contribution in [0.1, 0.15) is 40.5 Å². The first kappa shape index (κ1) is 15.3. The first-order valence-corrected chi connectivity index (χ1v) is 8.20. The molecule has 17 heavy (non-hydrogen) atoms. The number of nitrogens with one attached hydrogen (secondary N) is 1. The summed E-state index contributed by atoms with van der Waals surface area (Å²) < 4.78 is 0. The van der Waals surface area contributed by atoms with Crippen LogP contribution in [-0.2, 0) is 0 Å². The van der Waals surface area contributed by atoms with E-state index in [-0.39, 0.29) is 0 Å². The molecule has 1 aliphatic rings. The van der Waals surface area contributed by atoms with Crippen molar-refractivity contribution in [1.29, 1.82) is 0 Å². The fourth-order valence-electron chi connectivity index (χ4n) is 2.42. The number of hydrogen-bond acceptors (Lipinski definition) is 3. The second kappa shape index (κ2) is 8.39. The van der Waals surface area contributed by atoms with Gasteiger partial charge in [0.1, 0.15) is 0 Å². The predicted molar refractivity (Wildman–Crippen MR) is 79.9 cm³/mol. The highest BCUT2D eigenvalue weighted by atomic mass is 32.2. The van der Waals surface area contributed by atoms with E-state index in [1.54, 1.807) is 0 Å². The zero-order valence-corrected chi connectivity index (χ0v) is 12.9. The van der Waals surface area contributed by atoms with Crippen molar-refractivity contribution in [3.05, 3.63) is 0 Å². The molecule has 2 nitrogen and oxygen atoms in total. The molecule has 102 valence electrons. The average molecular weight is 258 g/mol. The Morgan fingerprint density at radius 2 is 2.06 bits per heavy atom. The van der Waals surface area contributed by atoms with Crippen LogP contribution in [0.25, 0.3) is 0 Å². The minimum Gasteiger partial charge on any atom is -0.313 e. The molecule has 0 radical (unpaired) electrons. The van der Waals surface area contributed by atoms with Crippen LogP contribution in [0.5, 0.6) is 0 Å². The highest BCUT2D eigenvalue weighted by molar-refractivity contribution is 7.99. The Balaban J connectivity index is 2.27. The van der Waals surface area contributed by atoms with Crippen molar-refractivity contribution < 1.29 is 0 Å². The van der Waals surface area contributed by atoms with Crippen molar-refractivity contribution in [3.8, 4) is 0 Å². The lowest BCUT2D eigenvalue weighted by molar-refractivity contribution is 0.269. The van der Waals surface area contributed by atoms with Gasteiger partial charge in [-0.05, 0) is 37.1 Å². The summed E-state index contributed by atoms with van der Waals surface area (Å²) in [5.41, 5.74) is 0. The van der Waals surface area contributed by atoms with Crippen LogP contribution < -0.4 is 5.32 Å². The smallest absolute Gasteiger partial charge is 0.0197 e. The van der Waals surface area contributed by atoms with Crippen molar-refractivity contribution in [2.45, 2.75) is 51.8 Å². The molecule has 0 aliphatic carbocycles. The summed E-state index contributed by atoms with van der Waals surface area (Å²) in [6, 6.07) is 0.710. The molecule has 3 heteroatoms. The zero-order valence-electron chi connectivity index (χ0n) is 12.0. The lowest BCUT2D eigenvalue weighted by atomic mass is 10.0. The Morgan fingerprint density at radius 1 is 1.29 bits per heavy atom. The molecule has 1 rings (SSSR count). The topological polar surface area (TPSA) is 15.3 Å². The van der Waals surface area contributed by atoms with Crippen molar-refractivity contribution in [2.24, 2.45) is 5.92 Å². The Morgan fingerprint density at radius 3 is 2.71 bits per heavy atom. The Labute approximate surface area is 112 Å². The van der Waals surface area contributed by atoms with Gasteiger partial charge < -0.3 is 10.2 Å². The Kier molecular flexibility index (Phi) is 7.56. The number of hydrogen-bond donors (Lipinski definition) is 1. The first-order valence-electron chi connectivity index (χ1n) is 7.15. The van der Waals surface area contributed by atoms with Gasteiger partial charge in [-0.25, -0.2) is 0 Å². The Bertz CT molecular complexity index is 195. The molecule has 0 aromatic rings. The SMILES string of the molecule is CC(C)CC1CN(CCSC(C)C)CCCN1. The normalized spacial score (nSPS) is 23.3. The van der Waals surface area contributed by atoms with Gasteiger partial charge in [-0.15, -0.1) is 0 Å². The maximum absolute atomic E-state index is 3.69. The second-order valence-corrected chi connectivity index (χ2v) is 7.54. The van der Waals surface area contributed by atoms with E-state index in [0.717, 1.165) is 11.2 Å². The van der Waals surface area contributed by atoms with Crippen LogP contribution in [0.15, 0.2) is 0 Å². The molecule has 0 amide bonds. The molecule has 0 aromatic heterocycles. The maximum Gasteiger partial charge on any atom is 0.0197 e. The number of nitrogens with zero attached hydrogens (tertiary/aromatic N) is 1. The number of thioether (sulfide) groups is 1. The van der Waals surface area contributed by atoms with Gasteiger partial charge in [0.2, 0.25) is 0 Å². The third-order valence-corrected chi connectivity index (χ3v) is 4.26. The molecule has 1 N–H and O–H groups in total. The summed E-state index contributed by atoms with van der Waals surface area (Å²) in [6.07, 6.45) is 2.62. The predicted octanol–water partition coefficient (Wildman–Crippen LogP) is 2.84. The van der Waals surface area contributed by atoms with E-state index in [1.165, 1.54) is 44.8 Å². The molecular weight excluding hydrogens is 228 g/mol. The first-order chi connectivity index (χ1) is 8.08. The van der Waals surface area contributed by atoms with Crippen molar-refractivity contribution in [3.63, 3.8) is 0 Å². The largest absolute Gasteiger partial charge is 0.313 e. The third-order valence-electron chi connectivity index (χ3n) is 3.18. The summed E-state index contributed by atoms with van der Waals surface area (Å²) >= 11 is 2.08. The molecule has 1 unspecified atom stereocenters. The highest BCUT2D eigenvalue weighted by Crippen LogP contribution is 2.12. The third kappa shape index (κ3) is 7.32. The van der Waals surface area contributed by atoms with Gasteiger partial charge in [0, 0.05) is 24.9 Å². The van der Waals surface area contributed by atoms with Gasteiger partial charge in [0.05, 0.1) is 0 Å². The van der Waals surface area contributed by atoms with E-state index in [1.807, 2.05) is 0 Å². The van der Waals surface area contributed by atoms with Gasteiger partial charge in [-0.1, -0.05) is 27.7 Å². The van der Waals surface area contributed by atoms with Crippen molar-refractivity contribution in [2.75, 3.05) is 31.9 Å². The van der Waals surface area contributed by atoms with Crippen LogP contribution in [0, 0.1) is 5.92 Å².